The second-order valence-electron chi connectivity index (χ2n) is 2.92. The summed E-state index contributed by atoms with van der Waals surface area (Å²) in [5, 5.41) is 3.50. The van der Waals surface area contributed by atoms with Gasteiger partial charge in [-0.25, -0.2) is 4.79 Å². The molecule has 0 radical (unpaired) electrons. The Labute approximate surface area is 92.0 Å². The molecule has 6 nitrogen and oxygen atoms in total. The van der Waals surface area contributed by atoms with Crippen molar-refractivity contribution in [2.45, 2.75) is 6.92 Å². The number of rotatable bonds is 3. The number of carbonyl (C=O) groups is 1. The van der Waals surface area contributed by atoms with E-state index in [1.807, 2.05) is 0 Å². The van der Waals surface area contributed by atoms with Crippen LogP contribution in [-0.4, -0.2) is 6.09 Å². The van der Waals surface area contributed by atoms with Gasteiger partial charge < -0.3 is 10.5 Å². The molecule has 0 bridgehead atoms. The molecule has 0 spiro atoms. The Kier molecular flexibility index (Phi) is 3.94. The summed E-state index contributed by atoms with van der Waals surface area (Å²) in [6.45, 7) is 1.58. The molecular formula is C10H10N4O2. The third-order valence-electron chi connectivity index (χ3n) is 1.71. The van der Waals surface area contributed by atoms with Crippen LogP contribution in [0.5, 0.6) is 0 Å². The van der Waals surface area contributed by atoms with Gasteiger partial charge in [0.15, 0.2) is 0 Å². The maximum atomic E-state index is 10.5. The van der Waals surface area contributed by atoms with E-state index >= 15 is 0 Å². The van der Waals surface area contributed by atoms with Gasteiger partial charge in [-0.1, -0.05) is 29.4 Å². The fraction of sp³-hybridized carbons (Fsp3) is 0.100. The number of hydrogen-bond donors (Lipinski definition) is 1. The van der Waals surface area contributed by atoms with Crippen molar-refractivity contribution in [2.24, 2.45) is 10.8 Å². The minimum Gasteiger partial charge on any atom is -0.415 e. The highest BCUT2D eigenvalue weighted by Gasteiger charge is 2.00. The first-order valence-corrected chi connectivity index (χ1v) is 4.43. The van der Waals surface area contributed by atoms with Crippen molar-refractivity contribution in [3.05, 3.63) is 46.0 Å². The van der Waals surface area contributed by atoms with Gasteiger partial charge >= 0.3 is 6.09 Å². The molecular weight excluding hydrogens is 208 g/mol. The zero-order chi connectivity index (χ0) is 12.0. The van der Waals surface area contributed by atoms with Gasteiger partial charge in [-0.05, 0) is 24.1 Å². The molecule has 82 valence electrons. The molecule has 1 amide bonds. The summed E-state index contributed by atoms with van der Waals surface area (Å²) in [5.74, 6) is 0.327. The molecule has 0 saturated carbocycles. The Bertz CT molecular complexity index is 475. The number of primary amides is 1. The molecule has 0 fully saturated rings. The lowest BCUT2D eigenvalue weighted by molar-refractivity contribution is 0.188. The van der Waals surface area contributed by atoms with Crippen molar-refractivity contribution >= 4 is 17.9 Å². The quantitative estimate of drug-likeness (QED) is 0.364. The Morgan fingerprint density at radius 1 is 1.56 bits per heavy atom. The molecule has 0 saturated heterocycles. The molecule has 0 aliphatic rings. The molecule has 1 aromatic carbocycles. The molecule has 0 aliphatic carbocycles. The minimum absolute atomic E-state index is 0.327. The fourth-order valence-electron chi connectivity index (χ4n) is 1.16. The van der Waals surface area contributed by atoms with Crippen LogP contribution in [0.15, 0.2) is 35.1 Å². The summed E-state index contributed by atoms with van der Waals surface area (Å²) in [6.07, 6.45) is 0.685. The highest BCUT2D eigenvalue weighted by molar-refractivity contribution is 5.69. The SMILES string of the molecule is CC(=Cc1ccccc1N=[N+]=[N-])OC(N)=O. The van der Waals surface area contributed by atoms with Crippen LogP contribution in [0.25, 0.3) is 16.5 Å². The highest BCUT2D eigenvalue weighted by atomic mass is 16.5. The highest BCUT2D eigenvalue weighted by Crippen LogP contribution is 2.21. The van der Waals surface area contributed by atoms with E-state index in [0.717, 1.165) is 0 Å². The maximum absolute atomic E-state index is 10.5. The fourth-order valence-corrected chi connectivity index (χ4v) is 1.16. The lowest BCUT2D eigenvalue weighted by Crippen LogP contribution is -2.11. The smallest absolute Gasteiger partial charge is 0.409 e. The molecule has 2 N–H and O–H groups in total. The lowest BCUT2D eigenvalue weighted by atomic mass is 10.1. The summed E-state index contributed by atoms with van der Waals surface area (Å²) in [4.78, 5) is 13.2. The van der Waals surface area contributed by atoms with E-state index in [2.05, 4.69) is 14.8 Å². The molecule has 0 heterocycles. The van der Waals surface area contributed by atoms with Crippen LogP contribution < -0.4 is 5.73 Å². The molecule has 16 heavy (non-hydrogen) atoms. The van der Waals surface area contributed by atoms with E-state index in [9.17, 15) is 4.79 Å². The Hall–Kier alpha value is -2.46. The van der Waals surface area contributed by atoms with Crippen molar-refractivity contribution in [3.8, 4) is 0 Å². The average molecular weight is 218 g/mol. The van der Waals surface area contributed by atoms with Crippen LogP contribution in [0.1, 0.15) is 12.5 Å². The summed E-state index contributed by atoms with van der Waals surface area (Å²) in [7, 11) is 0. The normalized spacial score (nSPS) is 10.4. The number of nitrogens with zero attached hydrogens (tertiary/aromatic N) is 3. The van der Waals surface area contributed by atoms with Crippen molar-refractivity contribution in [1.29, 1.82) is 0 Å². The Morgan fingerprint density at radius 3 is 2.88 bits per heavy atom. The number of nitrogens with two attached hydrogens (primary N) is 1. The lowest BCUT2D eigenvalue weighted by Gasteiger charge is -2.02. The molecule has 6 heteroatoms. The van der Waals surface area contributed by atoms with Crippen LogP contribution >= 0.6 is 0 Å². The zero-order valence-electron chi connectivity index (χ0n) is 8.62. The summed E-state index contributed by atoms with van der Waals surface area (Å²) < 4.78 is 4.65. The second kappa shape index (κ2) is 5.43. The van der Waals surface area contributed by atoms with Crippen LogP contribution in [-0.2, 0) is 4.74 Å². The van der Waals surface area contributed by atoms with Crippen LogP contribution in [0.4, 0.5) is 10.5 Å². The second-order valence-corrected chi connectivity index (χ2v) is 2.92. The van der Waals surface area contributed by atoms with Gasteiger partial charge in [0.25, 0.3) is 0 Å². The Morgan fingerprint density at radius 2 is 2.25 bits per heavy atom. The minimum atomic E-state index is -0.880. The number of amides is 1. The van der Waals surface area contributed by atoms with Gasteiger partial charge in [-0.3, -0.25) is 0 Å². The topological polar surface area (TPSA) is 101 Å². The summed E-state index contributed by atoms with van der Waals surface area (Å²) in [5.41, 5.74) is 14.3. The Balaban J connectivity index is 3.04. The van der Waals surface area contributed by atoms with Gasteiger partial charge in [-0.2, -0.15) is 0 Å². The van der Waals surface area contributed by atoms with E-state index in [1.54, 1.807) is 37.3 Å². The summed E-state index contributed by atoms with van der Waals surface area (Å²) in [6, 6.07) is 6.91. The third kappa shape index (κ3) is 3.36. The maximum Gasteiger partial charge on any atom is 0.409 e. The predicted octanol–water partition coefficient (Wildman–Crippen LogP) is 3.08. The largest absolute Gasteiger partial charge is 0.415 e. The summed E-state index contributed by atoms with van der Waals surface area (Å²) >= 11 is 0. The van der Waals surface area contributed by atoms with Gasteiger partial charge in [0.2, 0.25) is 0 Å². The molecule has 1 rings (SSSR count). The molecule has 0 atom stereocenters. The predicted molar refractivity (Wildman–Crippen MR) is 59.6 cm³/mol. The molecule has 0 aromatic heterocycles. The average Bonchev–Trinajstić information content (AvgIpc) is 2.20. The van der Waals surface area contributed by atoms with E-state index in [1.165, 1.54) is 0 Å². The van der Waals surface area contributed by atoms with Crippen molar-refractivity contribution in [2.75, 3.05) is 0 Å². The molecule has 0 aliphatic heterocycles. The number of benzene rings is 1. The van der Waals surface area contributed by atoms with Gasteiger partial charge in [0.05, 0.1) is 0 Å². The number of ether oxygens (including phenoxy) is 1. The van der Waals surface area contributed by atoms with E-state index in [0.29, 0.717) is 17.0 Å². The third-order valence-corrected chi connectivity index (χ3v) is 1.71. The van der Waals surface area contributed by atoms with Crippen molar-refractivity contribution in [3.63, 3.8) is 0 Å². The molecule has 1 aromatic rings. The number of allylic oxidation sites excluding steroid dienone is 1. The molecule has 0 unspecified atom stereocenters. The van der Waals surface area contributed by atoms with E-state index < -0.39 is 6.09 Å². The van der Waals surface area contributed by atoms with Gasteiger partial charge in [-0.15, -0.1) is 0 Å². The number of hydrogen-bond acceptors (Lipinski definition) is 3. The van der Waals surface area contributed by atoms with Crippen LogP contribution in [0.3, 0.4) is 0 Å². The zero-order valence-corrected chi connectivity index (χ0v) is 8.62. The first-order valence-electron chi connectivity index (χ1n) is 4.43. The van der Waals surface area contributed by atoms with Crippen LogP contribution in [0, 0.1) is 0 Å². The monoisotopic (exact) mass is 218 g/mol. The first kappa shape index (κ1) is 11.6. The van der Waals surface area contributed by atoms with Crippen molar-refractivity contribution < 1.29 is 9.53 Å². The van der Waals surface area contributed by atoms with Crippen molar-refractivity contribution in [1.82, 2.24) is 0 Å². The van der Waals surface area contributed by atoms with Crippen LogP contribution in [0.2, 0.25) is 0 Å². The number of carbonyl (C=O) groups excluding carboxylic acids is 1. The first-order chi connectivity index (χ1) is 7.63. The standard InChI is InChI=1S/C10H10N4O2/c1-7(16-10(11)15)6-8-4-2-3-5-9(8)13-14-12/h2-6H,1H3,(H2,11,15). The van der Waals surface area contributed by atoms with E-state index in [-0.39, 0.29) is 0 Å². The van der Waals surface area contributed by atoms with Gasteiger partial charge in [0, 0.05) is 10.6 Å². The van der Waals surface area contributed by atoms with E-state index in [4.69, 9.17) is 11.3 Å². The number of azide groups is 1. The van der Waals surface area contributed by atoms with Gasteiger partial charge in [0.1, 0.15) is 5.76 Å².